The predicted octanol–water partition coefficient (Wildman–Crippen LogP) is 4.70. The summed E-state index contributed by atoms with van der Waals surface area (Å²) in [5, 5.41) is 1.77. The van der Waals surface area contributed by atoms with Crippen molar-refractivity contribution in [3.63, 3.8) is 0 Å². The number of aryl methyl sites for hydroxylation is 2. The van der Waals surface area contributed by atoms with Crippen LogP contribution in [0.5, 0.6) is 0 Å². The summed E-state index contributed by atoms with van der Waals surface area (Å²) in [5.41, 5.74) is 10.3. The van der Waals surface area contributed by atoms with Crippen LogP contribution in [0.2, 0.25) is 0 Å². The molecule has 26 heavy (non-hydrogen) atoms. The molecule has 0 aliphatic heterocycles. The molecule has 0 unspecified atom stereocenters. The van der Waals surface area contributed by atoms with Crippen molar-refractivity contribution in [2.45, 2.75) is 20.4 Å². The van der Waals surface area contributed by atoms with Gasteiger partial charge in [0.1, 0.15) is 5.82 Å². The zero-order valence-corrected chi connectivity index (χ0v) is 14.7. The van der Waals surface area contributed by atoms with E-state index >= 15 is 0 Å². The molecule has 0 atom stereocenters. The van der Waals surface area contributed by atoms with Crippen LogP contribution in [0.1, 0.15) is 27.0 Å². The maximum Gasteiger partial charge on any atom is 0.249 e. The van der Waals surface area contributed by atoms with E-state index in [0.717, 1.165) is 27.4 Å². The van der Waals surface area contributed by atoms with Crippen molar-refractivity contribution in [3.8, 4) is 0 Å². The Labute approximate surface area is 150 Å². The van der Waals surface area contributed by atoms with E-state index in [2.05, 4.69) is 10.6 Å². The average Bonchev–Trinajstić information content (AvgIpc) is 2.92. The largest absolute Gasteiger partial charge is 0.366 e. The molecule has 2 N–H and O–H groups in total. The zero-order valence-electron chi connectivity index (χ0n) is 14.7. The standard InChI is InChI=1S/C22H19FN2O/c1-13-9-10-16-19(11-13)25(12-15-6-3-5-14(2)21(15)23)18-8-4-7-17(20(16)18)22(24)26/h3-11H,12H2,1-2H3,(H2,24,26). The number of nitrogens with two attached hydrogens (primary N) is 1. The highest BCUT2D eigenvalue weighted by atomic mass is 19.1. The second-order valence-electron chi connectivity index (χ2n) is 6.72. The Balaban J connectivity index is 2.07. The third-order valence-corrected chi connectivity index (χ3v) is 4.91. The molecule has 0 bridgehead atoms. The highest BCUT2D eigenvalue weighted by Gasteiger charge is 2.17. The summed E-state index contributed by atoms with van der Waals surface area (Å²) in [6, 6.07) is 17.0. The van der Waals surface area contributed by atoms with Crippen LogP contribution < -0.4 is 5.73 Å². The Morgan fingerprint density at radius 3 is 2.58 bits per heavy atom. The molecule has 0 spiro atoms. The Bertz CT molecular complexity index is 1170. The van der Waals surface area contributed by atoms with Gasteiger partial charge in [0.2, 0.25) is 5.91 Å². The molecule has 1 amide bonds. The van der Waals surface area contributed by atoms with Crippen LogP contribution in [0, 0.1) is 19.7 Å². The first-order valence-electron chi connectivity index (χ1n) is 8.52. The highest BCUT2D eigenvalue weighted by molar-refractivity contribution is 6.17. The van der Waals surface area contributed by atoms with Gasteiger partial charge in [-0.2, -0.15) is 0 Å². The number of halogens is 1. The van der Waals surface area contributed by atoms with Crippen molar-refractivity contribution in [3.05, 3.63) is 82.7 Å². The lowest BCUT2D eigenvalue weighted by Gasteiger charge is -2.10. The minimum Gasteiger partial charge on any atom is -0.366 e. The smallest absolute Gasteiger partial charge is 0.249 e. The van der Waals surface area contributed by atoms with Gasteiger partial charge in [-0.15, -0.1) is 0 Å². The van der Waals surface area contributed by atoms with Crippen molar-refractivity contribution in [2.24, 2.45) is 5.73 Å². The summed E-state index contributed by atoms with van der Waals surface area (Å²) in [6.45, 7) is 4.17. The number of amides is 1. The van der Waals surface area contributed by atoms with Crippen LogP contribution in [0.25, 0.3) is 21.8 Å². The van der Waals surface area contributed by atoms with Crippen LogP contribution in [0.4, 0.5) is 4.39 Å². The fraction of sp³-hybridized carbons (Fsp3) is 0.136. The first-order valence-corrected chi connectivity index (χ1v) is 8.52. The Morgan fingerprint density at radius 1 is 1.04 bits per heavy atom. The monoisotopic (exact) mass is 346 g/mol. The fourth-order valence-electron chi connectivity index (χ4n) is 3.63. The van der Waals surface area contributed by atoms with Crippen molar-refractivity contribution in [1.29, 1.82) is 0 Å². The number of rotatable bonds is 3. The van der Waals surface area contributed by atoms with Crippen LogP contribution in [0.15, 0.2) is 54.6 Å². The van der Waals surface area contributed by atoms with E-state index in [1.165, 1.54) is 0 Å². The third-order valence-electron chi connectivity index (χ3n) is 4.91. The lowest BCUT2D eigenvalue weighted by atomic mass is 10.1. The summed E-state index contributed by atoms with van der Waals surface area (Å²) in [6.07, 6.45) is 0. The average molecular weight is 346 g/mol. The molecule has 1 aromatic heterocycles. The first kappa shape index (κ1) is 16.3. The number of fused-ring (bicyclic) bond motifs is 3. The Morgan fingerprint density at radius 2 is 1.81 bits per heavy atom. The maximum absolute atomic E-state index is 14.6. The molecule has 130 valence electrons. The van der Waals surface area contributed by atoms with E-state index in [4.69, 9.17) is 5.73 Å². The van der Waals surface area contributed by atoms with Crippen molar-refractivity contribution in [2.75, 3.05) is 0 Å². The van der Waals surface area contributed by atoms with Gasteiger partial charge in [0.25, 0.3) is 0 Å². The van der Waals surface area contributed by atoms with Gasteiger partial charge in [-0.1, -0.05) is 36.4 Å². The summed E-state index contributed by atoms with van der Waals surface area (Å²) in [5.74, 6) is -0.654. The minimum atomic E-state index is -0.461. The summed E-state index contributed by atoms with van der Waals surface area (Å²) < 4.78 is 16.7. The molecule has 0 aliphatic carbocycles. The molecule has 4 rings (SSSR count). The lowest BCUT2D eigenvalue weighted by Crippen LogP contribution is -2.11. The van der Waals surface area contributed by atoms with E-state index in [9.17, 15) is 9.18 Å². The number of benzene rings is 3. The summed E-state index contributed by atoms with van der Waals surface area (Å²) in [4.78, 5) is 11.9. The van der Waals surface area contributed by atoms with Crippen molar-refractivity contribution >= 4 is 27.7 Å². The number of primary amides is 1. The van der Waals surface area contributed by atoms with E-state index in [1.807, 2.05) is 37.3 Å². The molecular formula is C22H19FN2O. The van der Waals surface area contributed by atoms with E-state index < -0.39 is 5.91 Å². The van der Waals surface area contributed by atoms with Crippen molar-refractivity contribution < 1.29 is 9.18 Å². The van der Waals surface area contributed by atoms with Gasteiger partial charge in [0, 0.05) is 27.4 Å². The minimum absolute atomic E-state index is 0.193. The normalized spacial score (nSPS) is 11.3. The number of aromatic nitrogens is 1. The second-order valence-corrected chi connectivity index (χ2v) is 6.72. The van der Waals surface area contributed by atoms with Crippen LogP contribution in [-0.4, -0.2) is 10.5 Å². The first-order chi connectivity index (χ1) is 12.5. The van der Waals surface area contributed by atoms with Crippen LogP contribution in [-0.2, 0) is 6.54 Å². The lowest BCUT2D eigenvalue weighted by molar-refractivity contribution is 0.100. The predicted molar refractivity (Wildman–Crippen MR) is 103 cm³/mol. The SMILES string of the molecule is Cc1ccc2c3c(C(N)=O)cccc3n(Cc3cccc(C)c3F)c2c1. The topological polar surface area (TPSA) is 48.0 Å². The van der Waals surface area contributed by atoms with Gasteiger partial charge < -0.3 is 10.3 Å². The van der Waals surface area contributed by atoms with Gasteiger partial charge in [0.05, 0.1) is 12.1 Å². The number of nitrogens with zero attached hydrogens (tertiary/aromatic N) is 1. The summed E-state index contributed by atoms with van der Waals surface area (Å²) >= 11 is 0. The van der Waals surface area contributed by atoms with E-state index in [0.29, 0.717) is 23.2 Å². The van der Waals surface area contributed by atoms with E-state index in [-0.39, 0.29) is 5.82 Å². The summed E-state index contributed by atoms with van der Waals surface area (Å²) in [7, 11) is 0. The molecule has 0 radical (unpaired) electrons. The molecular weight excluding hydrogens is 327 g/mol. The van der Waals surface area contributed by atoms with Crippen LogP contribution in [0.3, 0.4) is 0 Å². The van der Waals surface area contributed by atoms with Crippen molar-refractivity contribution in [1.82, 2.24) is 4.57 Å². The quantitative estimate of drug-likeness (QED) is 0.574. The Kier molecular flexibility index (Phi) is 3.76. The molecule has 3 nitrogen and oxygen atoms in total. The van der Waals surface area contributed by atoms with Gasteiger partial charge in [-0.25, -0.2) is 4.39 Å². The third kappa shape index (κ3) is 2.46. The Hall–Kier alpha value is -3.14. The number of hydrogen-bond donors (Lipinski definition) is 1. The van der Waals surface area contributed by atoms with Gasteiger partial charge in [0.15, 0.2) is 0 Å². The van der Waals surface area contributed by atoms with E-state index in [1.54, 1.807) is 25.1 Å². The number of carbonyl (C=O) groups is 1. The maximum atomic E-state index is 14.6. The van der Waals surface area contributed by atoms with Gasteiger partial charge in [-0.05, 0) is 43.2 Å². The number of hydrogen-bond acceptors (Lipinski definition) is 1. The van der Waals surface area contributed by atoms with Gasteiger partial charge in [-0.3, -0.25) is 4.79 Å². The molecule has 4 aromatic rings. The number of carbonyl (C=O) groups excluding carboxylic acids is 1. The molecule has 3 aromatic carbocycles. The molecule has 0 aliphatic rings. The van der Waals surface area contributed by atoms with Gasteiger partial charge >= 0.3 is 0 Å². The molecule has 4 heteroatoms. The molecule has 1 heterocycles. The highest BCUT2D eigenvalue weighted by Crippen LogP contribution is 2.33. The van der Waals surface area contributed by atoms with Crippen LogP contribution >= 0.6 is 0 Å². The molecule has 0 fully saturated rings. The molecule has 0 saturated carbocycles. The zero-order chi connectivity index (χ0) is 18.4. The fourth-order valence-corrected chi connectivity index (χ4v) is 3.63. The second kappa shape index (κ2) is 5.99. The molecule has 0 saturated heterocycles.